The molecule has 1 aliphatic rings. The van der Waals surface area contributed by atoms with E-state index in [2.05, 4.69) is 68.7 Å². The first-order chi connectivity index (χ1) is 12.7. The maximum absolute atomic E-state index is 6.10. The molecule has 2 aromatic rings. The van der Waals surface area contributed by atoms with Gasteiger partial charge in [0, 0.05) is 55.8 Å². The maximum Gasteiger partial charge on any atom is 0.124 e. The van der Waals surface area contributed by atoms with Crippen LogP contribution >= 0.6 is 15.9 Å². The van der Waals surface area contributed by atoms with E-state index in [1.165, 1.54) is 16.7 Å². The summed E-state index contributed by atoms with van der Waals surface area (Å²) in [5.41, 5.74) is 3.65. The van der Waals surface area contributed by atoms with Crippen molar-refractivity contribution in [2.75, 3.05) is 39.3 Å². The standard InChI is InChI=1S/C21H28BrN3O/c1-17-3-2-4-18(13-17)16-26-21-6-5-20(22)14-19(21)15-24-9-12-25-10-7-23-8-11-25/h2-6,13-14,23-24H,7-12,15-16H2,1H3. The third-order valence-electron chi connectivity index (χ3n) is 4.63. The van der Waals surface area contributed by atoms with Gasteiger partial charge in [0.05, 0.1) is 0 Å². The van der Waals surface area contributed by atoms with Gasteiger partial charge in [0.1, 0.15) is 12.4 Å². The molecule has 1 heterocycles. The van der Waals surface area contributed by atoms with Gasteiger partial charge in [-0.2, -0.15) is 0 Å². The molecule has 5 heteroatoms. The summed E-state index contributed by atoms with van der Waals surface area (Å²) >= 11 is 3.57. The Kier molecular flexibility index (Phi) is 7.50. The van der Waals surface area contributed by atoms with Crippen LogP contribution in [-0.2, 0) is 13.2 Å². The zero-order valence-corrected chi connectivity index (χ0v) is 17.0. The van der Waals surface area contributed by atoms with E-state index in [1.807, 2.05) is 12.1 Å². The molecule has 0 atom stereocenters. The van der Waals surface area contributed by atoms with Crippen LogP contribution in [0.5, 0.6) is 5.75 Å². The SMILES string of the molecule is Cc1cccc(COc2ccc(Br)cc2CNCCN2CCNCC2)c1. The van der Waals surface area contributed by atoms with Gasteiger partial charge in [-0.3, -0.25) is 4.90 Å². The fraction of sp³-hybridized carbons (Fsp3) is 0.429. The average molecular weight is 418 g/mol. The van der Waals surface area contributed by atoms with Crippen LogP contribution in [0.2, 0.25) is 0 Å². The highest BCUT2D eigenvalue weighted by atomic mass is 79.9. The minimum absolute atomic E-state index is 0.594. The van der Waals surface area contributed by atoms with Crippen LogP contribution in [0.3, 0.4) is 0 Å². The van der Waals surface area contributed by atoms with Crippen molar-refractivity contribution in [3.8, 4) is 5.75 Å². The van der Waals surface area contributed by atoms with Crippen molar-refractivity contribution in [2.45, 2.75) is 20.1 Å². The first-order valence-electron chi connectivity index (χ1n) is 9.31. The van der Waals surface area contributed by atoms with E-state index in [-0.39, 0.29) is 0 Å². The van der Waals surface area contributed by atoms with Crippen LogP contribution in [0, 0.1) is 6.92 Å². The lowest BCUT2D eigenvalue weighted by atomic mass is 10.1. The number of ether oxygens (including phenoxy) is 1. The molecule has 0 unspecified atom stereocenters. The molecule has 1 saturated heterocycles. The Morgan fingerprint density at radius 1 is 1.15 bits per heavy atom. The summed E-state index contributed by atoms with van der Waals surface area (Å²) in [5.74, 6) is 0.948. The second-order valence-corrected chi connectivity index (χ2v) is 7.71. The van der Waals surface area contributed by atoms with E-state index in [1.54, 1.807) is 0 Å². The molecule has 0 radical (unpaired) electrons. The summed E-state index contributed by atoms with van der Waals surface area (Å²) < 4.78 is 7.18. The molecule has 3 rings (SSSR count). The molecule has 0 spiro atoms. The Hall–Kier alpha value is -1.40. The fourth-order valence-corrected chi connectivity index (χ4v) is 3.59. The highest BCUT2D eigenvalue weighted by Gasteiger charge is 2.09. The summed E-state index contributed by atoms with van der Waals surface area (Å²) in [4.78, 5) is 2.50. The van der Waals surface area contributed by atoms with Gasteiger partial charge in [-0.25, -0.2) is 0 Å². The van der Waals surface area contributed by atoms with E-state index >= 15 is 0 Å². The van der Waals surface area contributed by atoms with Crippen molar-refractivity contribution < 1.29 is 4.74 Å². The second-order valence-electron chi connectivity index (χ2n) is 6.80. The van der Waals surface area contributed by atoms with Crippen molar-refractivity contribution in [1.82, 2.24) is 15.5 Å². The Morgan fingerprint density at radius 3 is 2.81 bits per heavy atom. The van der Waals surface area contributed by atoms with Crippen molar-refractivity contribution in [2.24, 2.45) is 0 Å². The van der Waals surface area contributed by atoms with Gasteiger partial charge in [0.2, 0.25) is 0 Å². The lowest BCUT2D eigenvalue weighted by Crippen LogP contribution is -2.45. The number of nitrogens with one attached hydrogen (secondary N) is 2. The zero-order valence-electron chi connectivity index (χ0n) is 15.4. The van der Waals surface area contributed by atoms with Gasteiger partial charge < -0.3 is 15.4 Å². The van der Waals surface area contributed by atoms with E-state index in [9.17, 15) is 0 Å². The third-order valence-corrected chi connectivity index (χ3v) is 5.12. The summed E-state index contributed by atoms with van der Waals surface area (Å²) in [5, 5.41) is 6.95. The molecular weight excluding hydrogens is 390 g/mol. The van der Waals surface area contributed by atoms with Gasteiger partial charge in [0.15, 0.2) is 0 Å². The molecule has 2 N–H and O–H groups in total. The number of hydrogen-bond donors (Lipinski definition) is 2. The van der Waals surface area contributed by atoms with Crippen LogP contribution in [0.25, 0.3) is 0 Å². The Balaban J connectivity index is 1.51. The number of rotatable bonds is 8. The Bertz CT molecular complexity index is 701. The predicted octanol–water partition coefficient (Wildman–Crippen LogP) is 3.33. The number of nitrogens with zero attached hydrogens (tertiary/aromatic N) is 1. The molecule has 0 amide bonds. The van der Waals surface area contributed by atoms with Crippen molar-refractivity contribution in [3.05, 3.63) is 63.6 Å². The maximum atomic E-state index is 6.10. The van der Waals surface area contributed by atoms with E-state index in [0.717, 1.165) is 56.0 Å². The molecule has 0 saturated carbocycles. The smallest absolute Gasteiger partial charge is 0.124 e. The molecule has 26 heavy (non-hydrogen) atoms. The van der Waals surface area contributed by atoms with Gasteiger partial charge in [-0.1, -0.05) is 45.8 Å². The van der Waals surface area contributed by atoms with Crippen molar-refractivity contribution in [3.63, 3.8) is 0 Å². The topological polar surface area (TPSA) is 36.5 Å². The second kappa shape index (κ2) is 10.1. The van der Waals surface area contributed by atoms with E-state index in [0.29, 0.717) is 6.61 Å². The van der Waals surface area contributed by atoms with Crippen molar-refractivity contribution >= 4 is 15.9 Å². The van der Waals surface area contributed by atoms with Gasteiger partial charge >= 0.3 is 0 Å². The summed E-state index contributed by atoms with van der Waals surface area (Å²) in [6.45, 7) is 10.1. The molecule has 0 aliphatic carbocycles. The summed E-state index contributed by atoms with van der Waals surface area (Å²) in [6.07, 6.45) is 0. The van der Waals surface area contributed by atoms with Gasteiger partial charge in [0.25, 0.3) is 0 Å². The van der Waals surface area contributed by atoms with Crippen LogP contribution in [-0.4, -0.2) is 44.2 Å². The quantitative estimate of drug-likeness (QED) is 0.645. The molecule has 1 aliphatic heterocycles. The number of piperazine rings is 1. The van der Waals surface area contributed by atoms with Crippen LogP contribution in [0.15, 0.2) is 46.9 Å². The largest absolute Gasteiger partial charge is 0.489 e. The first-order valence-corrected chi connectivity index (χ1v) is 10.1. The molecule has 140 valence electrons. The fourth-order valence-electron chi connectivity index (χ4n) is 3.18. The Labute approximate surface area is 165 Å². The van der Waals surface area contributed by atoms with Gasteiger partial charge in [-0.05, 0) is 30.7 Å². The van der Waals surface area contributed by atoms with Crippen LogP contribution < -0.4 is 15.4 Å². The Morgan fingerprint density at radius 2 is 2.00 bits per heavy atom. The van der Waals surface area contributed by atoms with Crippen LogP contribution in [0.1, 0.15) is 16.7 Å². The minimum atomic E-state index is 0.594. The first kappa shape index (κ1) is 19.4. The molecular formula is C21H28BrN3O. The number of hydrogen-bond acceptors (Lipinski definition) is 4. The van der Waals surface area contributed by atoms with Crippen molar-refractivity contribution in [1.29, 1.82) is 0 Å². The molecule has 4 nitrogen and oxygen atoms in total. The van der Waals surface area contributed by atoms with Gasteiger partial charge in [-0.15, -0.1) is 0 Å². The average Bonchev–Trinajstić information content (AvgIpc) is 2.65. The molecule has 0 aromatic heterocycles. The molecule has 2 aromatic carbocycles. The predicted molar refractivity (Wildman–Crippen MR) is 111 cm³/mol. The lowest BCUT2D eigenvalue weighted by Gasteiger charge is -2.27. The monoisotopic (exact) mass is 417 g/mol. The van der Waals surface area contributed by atoms with Crippen LogP contribution in [0.4, 0.5) is 0 Å². The summed E-state index contributed by atoms with van der Waals surface area (Å²) in [6, 6.07) is 14.7. The number of aryl methyl sites for hydroxylation is 1. The highest BCUT2D eigenvalue weighted by molar-refractivity contribution is 9.10. The van der Waals surface area contributed by atoms with E-state index in [4.69, 9.17) is 4.74 Å². The number of benzene rings is 2. The molecule has 0 bridgehead atoms. The highest BCUT2D eigenvalue weighted by Crippen LogP contribution is 2.24. The molecule has 1 fully saturated rings. The number of halogens is 1. The minimum Gasteiger partial charge on any atom is -0.489 e. The lowest BCUT2D eigenvalue weighted by molar-refractivity contribution is 0.240. The summed E-state index contributed by atoms with van der Waals surface area (Å²) in [7, 11) is 0. The van der Waals surface area contributed by atoms with E-state index < -0.39 is 0 Å². The third kappa shape index (κ3) is 6.09. The zero-order chi connectivity index (χ0) is 18.2. The normalized spacial score (nSPS) is 15.2.